The fourth-order valence-corrected chi connectivity index (χ4v) is 4.61. The third-order valence-electron chi connectivity index (χ3n) is 4.93. The number of aromatic nitrogens is 2. The van der Waals surface area contributed by atoms with Gasteiger partial charge in [0.15, 0.2) is 0 Å². The van der Waals surface area contributed by atoms with Gasteiger partial charge in [-0.2, -0.15) is 0 Å². The van der Waals surface area contributed by atoms with E-state index in [0.29, 0.717) is 11.6 Å². The van der Waals surface area contributed by atoms with Crippen molar-refractivity contribution in [3.8, 4) is 0 Å². The van der Waals surface area contributed by atoms with Gasteiger partial charge in [0.25, 0.3) is 5.91 Å². The SMILES string of the molecule is O=C(c1cn2c(n1)CCCC2)N1CCC(CSc2ccccc2)C1. The molecule has 1 aromatic heterocycles. The van der Waals surface area contributed by atoms with Gasteiger partial charge in [-0.25, -0.2) is 4.98 Å². The summed E-state index contributed by atoms with van der Waals surface area (Å²) < 4.78 is 2.16. The second-order valence-electron chi connectivity index (χ2n) is 6.72. The second-order valence-corrected chi connectivity index (χ2v) is 7.82. The highest BCUT2D eigenvalue weighted by atomic mass is 32.2. The fourth-order valence-electron chi connectivity index (χ4n) is 3.56. The van der Waals surface area contributed by atoms with Crippen LogP contribution in [0, 0.1) is 5.92 Å². The van der Waals surface area contributed by atoms with Gasteiger partial charge in [0.05, 0.1) is 0 Å². The molecule has 1 unspecified atom stereocenters. The van der Waals surface area contributed by atoms with Gasteiger partial charge in [-0.15, -0.1) is 11.8 Å². The Kier molecular flexibility index (Phi) is 4.60. The summed E-state index contributed by atoms with van der Waals surface area (Å²) in [6, 6.07) is 10.5. The summed E-state index contributed by atoms with van der Waals surface area (Å²) in [7, 11) is 0. The van der Waals surface area contributed by atoms with Gasteiger partial charge in [-0.1, -0.05) is 18.2 Å². The number of hydrogen-bond acceptors (Lipinski definition) is 3. The molecule has 0 N–H and O–H groups in total. The normalized spacial score (nSPS) is 20.2. The monoisotopic (exact) mass is 341 g/mol. The Morgan fingerprint density at radius 3 is 2.92 bits per heavy atom. The molecule has 1 fully saturated rings. The van der Waals surface area contributed by atoms with E-state index in [1.807, 2.05) is 28.9 Å². The van der Waals surface area contributed by atoms with Crippen molar-refractivity contribution >= 4 is 17.7 Å². The first-order chi connectivity index (χ1) is 11.8. The molecule has 1 saturated heterocycles. The zero-order chi connectivity index (χ0) is 16.4. The van der Waals surface area contributed by atoms with E-state index in [9.17, 15) is 4.79 Å². The first-order valence-electron chi connectivity index (χ1n) is 8.83. The van der Waals surface area contributed by atoms with Crippen molar-refractivity contribution in [3.05, 3.63) is 48.0 Å². The molecule has 4 nitrogen and oxygen atoms in total. The predicted molar refractivity (Wildman–Crippen MR) is 96.3 cm³/mol. The number of benzene rings is 1. The molecule has 2 aliphatic heterocycles. The molecule has 0 aliphatic carbocycles. The number of nitrogens with zero attached hydrogens (tertiary/aromatic N) is 3. The van der Waals surface area contributed by atoms with Gasteiger partial charge >= 0.3 is 0 Å². The van der Waals surface area contributed by atoms with E-state index in [1.165, 1.54) is 17.7 Å². The molecule has 0 spiro atoms. The van der Waals surface area contributed by atoms with Crippen molar-refractivity contribution in [3.63, 3.8) is 0 Å². The molecule has 0 radical (unpaired) electrons. The number of amides is 1. The van der Waals surface area contributed by atoms with Crippen LogP contribution >= 0.6 is 11.8 Å². The second kappa shape index (κ2) is 7.01. The average Bonchev–Trinajstić information content (AvgIpc) is 3.27. The van der Waals surface area contributed by atoms with Crippen molar-refractivity contribution in [1.82, 2.24) is 14.5 Å². The summed E-state index contributed by atoms with van der Waals surface area (Å²) in [5.74, 6) is 2.86. The van der Waals surface area contributed by atoms with E-state index in [1.54, 1.807) is 0 Å². The highest BCUT2D eigenvalue weighted by Gasteiger charge is 2.29. The van der Waals surface area contributed by atoms with Gasteiger partial charge in [0.2, 0.25) is 0 Å². The summed E-state index contributed by atoms with van der Waals surface area (Å²) in [5.41, 5.74) is 0.642. The minimum absolute atomic E-state index is 0.115. The van der Waals surface area contributed by atoms with Crippen LogP contribution in [0.1, 0.15) is 35.6 Å². The molecule has 126 valence electrons. The van der Waals surface area contributed by atoms with E-state index in [2.05, 4.69) is 33.8 Å². The third kappa shape index (κ3) is 3.36. The fraction of sp³-hybridized carbons (Fsp3) is 0.474. The van der Waals surface area contributed by atoms with E-state index in [4.69, 9.17) is 0 Å². The van der Waals surface area contributed by atoms with Crippen LogP contribution in [0.4, 0.5) is 0 Å². The van der Waals surface area contributed by atoms with Gasteiger partial charge in [0, 0.05) is 42.9 Å². The summed E-state index contributed by atoms with van der Waals surface area (Å²) in [6.07, 6.45) is 6.44. The number of rotatable bonds is 4. The molecule has 24 heavy (non-hydrogen) atoms. The van der Waals surface area contributed by atoms with E-state index >= 15 is 0 Å². The Morgan fingerprint density at radius 2 is 2.08 bits per heavy atom. The molecule has 1 aromatic carbocycles. The summed E-state index contributed by atoms with van der Waals surface area (Å²) in [6.45, 7) is 2.73. The molecule has 4 rings (SSSR count). The lowest BCUT2D eigenvalue weighted by Crippen LogP contribution is -2.29. The standard InChI is InChI=1S/C19H23N3OS/c23-19(17-13-21-10-5-4-8-18(21)20-17)22-11-9-15(12-22)14-24-16-6-2-1-3-7-16/h1-3,6-7,13,15H,4-5,8-12,14H2. The molecular weight excluding hydrogens is 318 g/mol. The maximum Gasteiger partial charge on any atom is 0.274 e. The number of hydrogen-bond donors (Lipinski definition) is 0. The maximum atomic E-state index is 12.7. The number of imidazole rings is 1. The molecular formula is C19H23N3OS. The lowest BCUT2D eigenvalue weighted by Gasteiger charge is -2.15. The summed E-state index contributed by atoms with van der Waals surface area (Å²) >= 11 is 1.89. The summed E-state index contributed by atoms with van der Waals surface area (Å²) in [4.78, 5) is 20.6. The van der Waals surface area contributed by atoms with Crippen LogP contribution in [-0.2, 0) is 13.0 Å². The Balaban J connectivity index is 1.34. The van der Waals surface area contributed by atoms with Crippen molar-refractivity contribution < 1.29 is 4.79 Å². The molecule has 1 amide bonds. The van der Waals surface area contributed by atoms with Gasteiger partial charge in [-0.05, 0) is 37.3 Å². The van der Waals surface area contributed by atoms with Crippen LogP contribution in [0.5, 0.6) is 0 Å². The molecule has 5 heteroatoms. The molecule has 1 atom stereocenters. The third-order valence-corrected chi connectivity index (χ3v) is 6.17. The van der Waals surface area contributed by atoms with Gasteiger partial charge < -0.3 is 9.47 Å². The smallest absolute Gasteiger partial charge is 0.274 e. The Bertz CT molecular complexity index is 689. The largest absolute Gasteiger partial charge is 0.337 e. The topological polar surface area (TPSA) is 38.1 Å². The first kappa shape index (κ1) is 15.8. The van der Waals surface area contributed by atoms with E-state index in [0.717, 1.165) is 44.1 Å². The number of aryl methyl sites for hydroxylation is 2. The van der Waals surface area contributed by atoms with E-state index in [-0.39, 0.29) is 5.91 Å². The molecule has 3 heterocycles. The quantitative estimate of drug-likeness (QED) is 0.799. The highest BCUT2D eigenvalue weighted by molar-refractivity contribution is 7.99. The maximum absolute atomic E-state index is 12.7. The summed E-state index contributed by atoms with van der Waals surface area (Å²) in [5, 5.41) is 0. The van der Waals surface area contributed by atoms with Crippen LogP contribution in [0.15, 0.2) is 41.4 Å². The Hall–Kier alpha value is -1.75. The lowest BCUT2D eigenvalue weighted by atomic mass is 10.2. The molecule has 0 saturated carbocycles. The van der Waals surface area contributed by atoms with Crippen LogP contribution in [-0.4, -0.2) is 39.2 Å². The number of likely N-dealkylation sites (tertiary alicyclic amines) is 1. The van der Waals surface area contributed by atoms with Gasteiger partial charge in [-0.3, -0.25) is 4.79 Å². The van der Waals surface area contributed by atoms with Gasteiger partial charge in [0.1, 0.15) is 11.5 Å². The van der Waals surface area contributed by atoms with Crippen molar-refractivity contribution in [2.75, 3.05) is 18.8 Å². The molecule has 0 bridgehead atoms. The number of thioether (sulfide) groups is 1. The van der Waals surface area contributed by atoms with Crippen LogP contribution in [0.3, 0.4) is 0 Å². The molecule has 2 aromatic rings. The van der Waals surface area contributed by atoms with Crippen molar-refractivity contribution in [2.24, 2.45) is 5.92 Å². The van der Waals surface area contributed by atoms with Crippen LogP contribution in [0.2, 0.25) is 0 Å². The minimum atomic E-state index is 0.115. The van der Waals surface area contributed by atoms with Crippen LogP contribution in [0.25, 0.3) is 0 Å². The van der Waals surface area contributed by atoms with E-state index < -0.39 is 0 Å². The van der Waals surface area contributed by atoms with Crippen LogP contribution < -0.4 is 0 Å². The molecule has 2 aliphatic rings. The Labute approximate surface area is 147 Å². The number of carbonyl (C=O) groups excluding carboxylic acids is 1. The average molecular weight is 341 g/mol. The van der Waals surface area contributed by atoms with Crippen molar-refractivity contribution in [1.29, 1.82) is 0 Å². The number of carbonyl (C=O) groups is 1. The first-order valence-corrected chi connectivity index (χ1v) is 9.81. The minimum Gasteiger partial charge on any atom is -0.337 e. The number of fused-ring (bicyclic) bond motifs is 1. The predicted octanol–water partition coefficient (Wildman–Crippen LogP) is 3.47. The Morgan fingerprint density at radius 1 is 1.21 bits per heavy atom. The van der Waals surface area contributed by atoms with Crippen molar-refractivity contribution in [2.45, 2.75) is 37.1 Å². The zero-order valence-corrected chi connectivity index (χ0v) is 14.7. The lowest BCUT2D eigenvalue weighted by molar-refractivity contribution is 0.0783. The highest BCUT2D eigenvalue weighted by Crippen LogP contribution is 2.27. The zero-order valence-electron chi connectivity index (χ0n) is 13.9.